The largest absolute Gasteiger partial charge is 0.497 e. The van der Waals surface area contributed by atoms with Crippen LogP contribution in [0.1, 0.15) is 37.8 Å². The minimum atomic E-state index is -0.543. The van der Waals surface area contributed by atoms with Crippen LogP contribution in [0.3, 0.4) is 0 Å². The molecule has 4 heteroatoms. The number of methoxy groups -OCH3 is 1. The summed E-state index contributed by atoms with van der Waals surface area (Å²) >= 11 is 0. The Morgan fingerprint density at radius 3 is 2.54 bits per heavy atom. The van der Waals surface area contributed by atoms with Gasteiger partial charge in [0.15, 0.2) is 0 Å². The molecule has 0 aliphatic heterocycles. The molecular weight excluding hydrogens is 302 g/mol. The minimum absolute atomic E-state index is 0.154. The van der Waals surface area contributed by atoms with Gasteiger partial charge in [0.25, 0.3) is 5.91 Å². The van der Waals surface area contributed by atoms with Crippen LogP contribution in [-0.2, 0) is 16.1 Å². The van der Waals surface area contributed by atoms with Gasteiger partial charge in [-0.25, -0.2) is 0 Å². The SMILES string of the molecule is COc1cccc(COC(C)C(=O)Nc2cccc(C(C)C)c2)c1. The number of anilines is 1. The summed E-state index contributed by atoms with van der Waals surface area (Å²) in [7, 11) is 1.63. The summed E-state index contributed by atoms with van der Waals surface area (Å²) in [5.41, 5.74) is 2.96. The van der Waals surface area contributed by atoms with Gasteiger partial charge in [-0.2, -0.15) is 0 Å². The summed E-state index contributed by atoms with van der Waals surface area (Å²) in [6.45, 7) is 6.36. The maximum atomic E-state index is 12.3. The highest BCUT2D eigenvalue weighted by atomic mass is 16.5. The van der Waals surface area contributed by atoms with Crippen molar-refractivity contribution in [3.8, 4) is 5.75 Å². The van der Waals surface area contributed by atoms with E-state index in [1.54, 1.807) is 14.0 Å². The molecule has 0 radical (unpaired) electrons. The molecule has 0 heterocycles. The molecule has 0 aliphatic carbocycles. The van der Waals surface area contributed by atoms with Crippen LogP contribution in [0.4, 0.5) is 5.69 Å². The molecule has 0 saturated heterocycles. The first-order chi connectivity index (χ1) is 11.5. The Balaban J connectivity index is 1.91. The summed E-state index contributed by atoms with van der Waals surface area (Å²) in [6, 6.07) is 15.5. The van der Waals surface area contributed by atoms with E-state index in [9.17, 15) is 4.79 Å². The number of hydrogen-bond donors (Lipinski definition) is 1. The lowest BCUT2D eigenvalue weighted by atomic mass is 10.0. The van der Waals surface area contributed by atoms with Crippen LogP contribution in [0.2, 0.25) is 0 Å². The fraction of sp³-hybridized carbons (Fsp3) is 0.350. The van der Waals surface area contributed by atoms with E-state index in [4.69, 9.17) is 9.47 Å². The number of carbonyl (C=O) groups excluding carboxylic acids is 1. The van der Waals surface area contributed by atoms with Crippen molar-refractivity contribution < 1.29 is 14.3 Å². The van der Waals surface area contributed by atoms with E-state index in [1.807, 2.05) is 42.5 Å². The van der Waals surface area contributed by atoms with Crippen molar-refractivity contribution in [2.45, 2.75) is 39.4 Å². The molecule has 128 valence electrons. The van der Waals surface area contributed by atoms with Crippen LogP contribution in [0.5, 0.6) is 5.75 Å². The standard InChI is InChI=1S/C20H25NO3/c1-14(2)17-8-6-9-18(12-17)21-20(22)15(3)24-13-16-7-5-10-19(11-16)23-4/h5-12,14-15H,13H2,1-4H3,(H,21,22). The Labute approximate surface area is 143 Å². The Kier molecular flexibility index (Phi) is 6.38. The molecule has 2 rings (SSSR count). The summed E-state index contributed by atoms with van der Waals surface area (Å²) in [4.78, 5) is 12.3. The average Bonchev–Trinajstić information content (AvgIpc) is 2.60. The van der Waals surface area contributed by atoms with E-state index in [2.05, 4.69) is 25.2 Å². The first kappa shape index (κ1) is 18.0. The molecule has 0 aromatic heterocycles. The van der Waals surface area contributed by atoms with Gasteiger partial charge in [0.1, 0.15) is 11.9 Å². The number of rotatable bonds is 7. The molecular formula is C20H25NO3. The average molecular weight is 327 g/mol. The lowest BCUT2D eigenvalue weighted by Gasteiger charge is -2.15. The van der Waals surface area contributed by atoms with Crippen molar-refractivity contribution in [3.05, 3.63) is 59.7 Å². The Morgan fingerprint density at radius 1 is 1.08 bits per heavy atom. The van der Waals surface area contributed by atoms with Gasteiger partial charge in [-0.05, 0) is 48.2 Å². The van der Waals surface area contributed by atoms with Gasteiger partial charge in [-0.1, -0.05) is 38.1 Å². The molecule has 0 fully saturated rings. The topological polar surface area (TPSA) is 47.6 Å². The first-order valence-corrected chi connectivity index (χ1v) is 8.15. The van der Waals surface area contributed by atoms with Crippen molar-refractivity contribution in [2.24, 2.45) is 0 Å². The summed E-state index contributed by atoms with van der Waals surface area (Å²) in [5.74, 6) is 1.04. The van der Waals surface area contributed by atoms with E-state index >= 15 is 0 Å². The summed E-state index contributed by atoms with van der Waals surface area (Å²) in [5, 5.41) is 2.91. The molecule has 4 nitrogen and oxygen atoms in total. The van der Waals surface area contributed by atoms with E-state index in [0.717, 1.165) is 17.0 Å². The van der Waals surface area contributed by atoms with Gasteiger partial charge in [0.2, 0.25) is 0 Å². The molecule has 1 N–H and O–H groups in total. The van der Waals surface area contributed by atoms with Gasteiger partial charge in [0, 0.05) is 5.69 Å². The molecule has 2 aromatic carbocycles. The van der Waals surface area contributed by atoms with Crippen molar-refractivity contribution in [1.82, 2.24) is 0 Å². The first-order valence-electron chi connectivity index (χ1n) is 8.15. The fourth-order valence-electron chi connectivity index (χ4n) is 2.28. The van der Waals surface area contributed by atoms with Crippen molar-refractivity contribution in [1.29, 1.82) is 0 Å². The van der Waals surface area contributed by atoms with Gasteiger partial charge < -0.3 is 14.8 Å². The van der Waals surface area contributed by atoms with E-state index < -0.39 is 6.10 Å². The van der Waals surface area contributed by atoms with Crippen LogP contribution >= 0.6 is 0 Å². The summed E-state index contributed by atoms with van der Waals surface area (Å²) in [6.07, 6.45) is -0.543. The second kappa shape index (κ2) is 8.50. The number of benzene rings is 2. The monoisotopic (exact) mass is 327 g/mol. The summed E-state index contributed by atoms with van der Waals surface area (Å²) < 4.78 is 10.9. The molecule has 0 saturated carbocycles. The molecule has 1 unspecified atom stereocenters. The number of nitrogens with one attached hydrogen (secondary N) is 1. The second-order valence-corrected chi connectivity index (χ2v) is 6.07. The third-order valence-corrected chi connectivity index (χ3v) is 3.82. The van der Waals surface area contributed by atoms with Crippen LogP contribution in [0, 0.1) is 0 Å². The molecule has 0 aliphatic rings. The number of carbonyl (C=O) groups is 1. The predicted octanol–water partition coefficient (Wildman–Crippen LogP) is 4.36. The number of amides is 1. The zero-order valence-corrected chi connectivity index (χ0v) is 14.7. The highest BCUT2D eigenvalue weighted by Gasteiger charge is 2.14. The van der Waals surface area contributed by atoms with Gasteiger partial charge >= 0.3 is 0 Å². The Morgan fingerprint density at radius 2 is 1.83 bits per heavy atom. The maximum absolute atomic E-state index is 12.3. The van der Waals surface area contributed by atoms with Gasteiger partial charge in [-0.3, -0.25) is 4.79 Å². The third kappa shape index (κ3) is 5.10. The van der Waals surface area contributed by atoms with Crippen molar-refractivity contribution in [3.63, 3.8) is 0 Å². The second-order valence-electron chi connectivity index (χ2n) is 6.07. The normalized spacial score (nSPS) is 12.0. The quantitative estimate of drug-likeness (QED) is 0.822. The Bertz CT molecular complexity index is 682. The zero-order valence-electron chi connectivity index (χ0n) is 14.7. The van der Waals surface area contributed by atoms with Crippen LogP contribution in [-0.4, -0.2) is 19.1 Å². The van der Waals surface area contributed by atoms with Crippen molar-refractivity contribution >= 4 is 11.6 Å². The number of hydrogen-bond acceptors (Lipinski definition) is 3. The lowest BCUT2D eigenvalue weighted by Crippen LogP contribution is -2.27. The molecule has 0 bridgehead atoms. The van der Waals surface area contributed by atoms with E-state index in [1.165, 1.54) is 5.56 Å². The van der Waals surface area contributed by atoms with Crippen LogP contribution < -0.4 is 10.1 Å². The molecule has 1 atom stereocenters. The zero-order chi connectivity index (χ0) is 17.5. The van der Waals surface area contributed by atoms with Crippen molar-refractivity contribution in [2.75, 3.05) is 12.4 Å². The molecule has 1 amide bonds. The van der Waals surface area contributed by atoms with Crippen LogP contribution in [0.25, 0.3) is 0 Å². The smallest absolute Gasteiger partial charge is 0.253 e. The molecule has 0 spiro atoms. The Hall–Kier alpha value is -2.33. The number of ether oxygens (including phenoxy) is 2. The van der Waals surface area contributed by atoms with E-state index in [-0.39, 0.29) is 5.91 Å². The maximum Gasteiger partial charge on any atom is 0.253 e. The highest BCUT2D eigenvalue weighted by molar-refractivity contribution is 5.93. The highest BCUT2D eigenvalue weighted by Crippen LogP contribution is 2.19. The fourth-order valence-corrected chi connectivity index (χ4v) is 2.28. The van der Waals surface area contributed by atoms with E-state index in [0.29, 0.717) is 12.5 Å². The lowest BCUT2D eigenvalue weighted by molar-refractivity contribution is -0.127. The molecule has 24 heavy (non-hydrogen) atoms. The van der Waals surface area contributed by atoms with Gasteiger partial charge in [0.05, 0.1) is 13.7 Å². The molecule has 2 aromatic rings. The third-order valence-electron chi connectivity index (χ3n) is 3.82. The van der Waals surface area contributed by atoms with Gasteiger partial charge in [-0.15, -0.1) is 0 Å². The predicted molar refractivity (Wildman–Crippen MR) is 96.4 cm³/mol. The minimum Gasteiger partial charge on any atom is -0.497 e. The van der Waals surface area contributed by atoms with Crippen LogP contribution in [0.15, 0.2) is 48.5 Å².